The Labute approximate surface area is 73.1 Å². The molecule has 0 radical (unpaired) electrons. The number of imidazole rings is 1. The Morgan fingerprint density at radius 2 is 2.25 bits per heavy atom. The maximum Gasteiger partial charge on any atom is 0.0952 e. The fourth-order valence-corrected chi connectivity index (χ4v) is 1.36. The maximum atomic E-state index is 8.74. The van der Waals surface area contributed by atoms with Crippen LogP contribution in [0.4, 0.5) is 0 Å². The topological polar surface area (TPSA) is 38.0 Å². The molecule has 1 rings (SSSR count). The van der Waals surface area contributed by atoms with Crippen LogP contribution in [-0.4, -0.2) is 21.3 Å². The Kier molecular flexibility index (Phi) is 2.87. The maximum absolute atomic E-state index is 8.74. The third kappa shape index (κ3) is 1.67. The normalized spacial score (nSPS) is 11.1. The molecule has 0 aliphatic carbocycles. The summed E-state index contributed by atoms with van der Waals surface area (Å²) in [7, 11) is 0. The first-order valence-corrected chi connectivity index (χ1v) is 4.29. The van der Waals surface area contributed by atoms with Crippen LogP contribution in [0.5, 0.6) is 0 Å². The molecule has 1 aromatic heterocycles. The van der Waals surface area contributed by atoms with Crippen LogP contribution in [0.25, 0.3) is 0 Å². The molecule has 1 N–H and O–H groups in total. The molecule has 0 aliphatic rings. The molecule has 0 bridgehead atoms. The van der Waals surface area contributed by atoms with Crippen molar-refractivity contribution in [2.45, 2.75) is 33.2 Å². The van der Waals surface area contributed by atoms with Gasteiger partial charge in [0.05, 0.1) is 18.6 Å². The van der Waals surface area contributed by atoms with E-state index < -0.39 is 0 Å². The zero-order chi connectivity index (χ0) is 9.14. The van der Waals surface area contributed by atoms with E-state index in [4.69, 9.17) is 5.11 Å². The van der Waals surface area contributed by atoms with Crippen LogP contribution in [0, 0.1) is 6.92 Å². The zero-order valence-corrected chi connectivity index (χ0v) is 7.91. The van der Waals surface area contributed by atoms with Gasteiger partial charge < -0.3 is 9.67 Å². The van der Waals surface area contributed by atoms with E-state index in [1.165, 1.54) is 5.69 Å². The van der Waals surface area contributed by atoms with E-state index in [0.717, 1.165) is 5.69 Å². The van der Waals surface area contributed by atoms with Crippen LogP contribution < -0.4 is 0 Å². The summed E-state index contributed by atoms with van der Waals surface area (Å²) in [4.78, 5) is 4.29. The van der Waals surface area contributed by atoms with Gasteiger partial charge in [0.1, 0.15) is 0 Å². The summed E-state index contributed by atoms with van der Waals surface area (Å²) >= 11 is 0. The van der Waals surface area contributed by atoms with E-state index in [0.29, 0.717) is 12.5 Å². The van der Waals surface area contributed by atoms with Crippen molar-refractivity contribution in [2.24, 2.45) is 0 Å². The molecule has 1 heterocycles. The predicted octanol–water partition coefficient (Wildman–Crippen LogP) is 1.31. The minimum absolute atomic E-state index is 0.175. The van der Waals surface area contributed by atoms with E-state index in [9.17, 15) is 0 Å². The van der Waals surface area contributed by atoms with Crippen molar-refractivity contribution in [1.29, 1.82) is 0 Å². The Bertz CT molecular complexity index is 253. The average Bonchev–Trinajstić information content (AvgIpc) is 2.34. The molecular formula is C9H16N2O. The molecule has 0 saturated heterocycles. The molecule has 0 fully saturated rings. The number of aromatic nitrogens is 2. The largest absolute Gasteiger partial charge is 0.395 e. The first kappa shape index (κ1) is 9.26. The highest BCUT2D eigenvalue weighted by Gasteiger charge is 2.08. The standard InChI is InChI=1S/C9H16N2O/c1-7(2)9-8(3)11(4-5-12)6-10-9/h6-7,12H,4-5H2,1-3H3. The van der Waals surface area contributed by atoms with Gasteiger partial charge in [0.15, 0.2) is 0 Å². The van der Waals surface area contributed by atoms with E-state index in [-0.39, 0.29) is 6.61 Å². The lowest BCUT2D eigenvalue weighted by Gasteiger charge is -2.05. The number of rotatable bonds is 3. The van der Waals surface area contributed by atoms with Crippen molar-refractivity contribution in [3.63, 3.8) is 0 Å². The fourth-order valence-electron chi connectivity index (χ4n) is 1.36. The number of hydrogen-bond donors (Lipinski definition) is 1. The number of nitrogens with zero attached hydrogens (tertiary/aromatic N) is 2. The molecule has 0 amide bonds. The van der Waals surface area contributed by atoms with Gasteiger partial charge >= 0.3 is 0 Å². The molecule has 12 heavy (non-hydrogen) atoms. The van der Waals surface area contributed by atoms with Crippen LogP contribution in [-0.2, 0) is 6.54 Å². The summed E-state index contributed by atoms with van der Waals surface area (Å²) in [6.07, 6.45) is 1.79. The van der Waals surface area contributed by atoms with Crippen LogP contribution in [0.2, 0.25) is 0 Å². The first-order chi connectivity index (χ1) is 5.66. The zero-order valence-electron chi connectivity index (χ0n) is 7.91. The van der Waals surface area contributed by atoms with Crippen molar-refractivity contribution < 1.29 is 5.11 Å². The Balaban J connectivity index is 2.88. The van der Waals surface area contributed by atoms with Crippen LogP contribution >= 0.6 is 0 Å². The van der Waals surface area contributed by atoms with Crippen molar-refractivity contribution in [3.05, 3.63) is 17.7 Å². The van der Waals surface area contributed by atoms with Crippen LogP contribution in [0.3, 0.4) is 0 Å². The highest BCUT2D eigenvalue weighted by molar-refractivity contribution is 5.14. The molecule has 68 valence electrons. The van der Waals surface area contributed by atoms with Gasteiger partial charge in [-0.1, -0.05) is 13.8 Å². The van der Waals surface area contributed by atoms with Crippen LogP contribution in [0.15, 0.2) is 6.33 Å². The molecule has 0 unspecified atom stereocenters. The third-order valence-corrected chi connectivity index (χ3v) is 2.03. The predicted molar refractivity (Wildman–Crippen MR) is 48.1 cm³/mol. The van der Waals surface area contributed by atoms with Gasteiger partial charge in [0.2, 0.25) is 0 Å². The van der Waals surface area contributed by atoms with E-state index in [1.807, 2.05) is 11.5 Å². The van der Waals surface area contributed by atoms with E-state index in [1.54, 1.807) is 6.33 Å². The lowest BCUT2D eigenvalue weighted by molar-refractivity contribution is 0.275. The summed E-state index contributed by atoms with van der Waals surface area (Å²) in [5.41, 5.74) is 2.29. The molecule has 0 saturated carbocycles. The number of aliphatic hydroxyl groups is 1. The fraction of sp³-hybridized carbons (Fsp3) is 0.667. The summed E-state index contributed by atoms with van der Waals surface area (Å²) in [6, 6.07) is 0. The van der Waals surface area contributed by atoms with Gasteiger partial charge in [-0.2, -0.15) is 0 Å². The van der Waals surface area contributed by atoms with Gasteiger partial charge in [-0.05, 0) is 12.8 Å². The molecule has 1 aromatic rings. The summed E-state index contributed by atoms with van der Waals surface area (Å²) < 4.78 is 1.98. The Hall–Kier alpha value is -0.830. The first-order valence-electron chi connectivity index (χ1n) is 4.29. The molecule has 3 heteroatoms. The summed E-state index contributed by atoms with van der Waals surface area (Å²) in [6.45, 7) is 7.11. The van der Waals surface area contributed by atoms with Gasteiger partial charge in [0, 0.05) is 12.2 Å². The summed E-state index contributed by atoms with van der Waals surface area (Å²) in [5.74, 6) is 0.463. The SMILES string of the molecule is Cc1c(C(C)C)ncn1CCO. The highest BCUT2D eigenvalue weighted by atomic mass is 16.3. The second kappa shape index (κ2) is 3.72. The number of aliphatic hydroxyl groups excluding tert-OH is 1. The Morgan fingerprint density at radius 1 is 1.58 bits per heavy atom. The van der Waals surface area contributed by atoms with E-state index in [2.05, 4.69) is 18.8 Å². The monoisotopic (exact) mass is 168 g/mol. The molecule has 0 spiro atoms. The molecular weight excluding hydrogens is 152 g/mol. The average molecular weight is 168 g/mol. The second-order valence-corrected chi connectivity index (χ2v) is 3.29. The smallest absolute Gasteiger partial charge is 0.0952 e. The van der Waals surface area contributed by atoms with Crippen molar-refractivity contribution in [1.82, 2.24) is 9.55 Å². The molecule has 3 nitrogen and oxygen atoms in total. The van der Waals surface area contributed by atoms with Gasteiger partial charge in [0.25, 0.3) is 0 Å². The summed E-state index contributed by atoms with van der Waals surface area (Å²) in [5, 5.41) is 8.74. The van der Waals surface area contributed by atoms with Gasteiger partial charge in [-0.25, -0.2) is 4.98 Å². The van der Waals surface area contributed by atoms with Crippen LogP contribution in [0.1, 0.15) is 31.2 Å². The Morgan fingerprint density at radius 3 is 2.67 bits per heavy atom. The minimum Gasteiger partial charge on any atom is -0.395 e. The van der Waals surface area contributed by atoms with E-state index >= 15 is 0 Å². The lowest BCUT2D eigenvalue weighted by atomic mass is 10.1. The second-order valence-electron chi connectivity index (χ2n) is 3.29. The highest BCUT2D eigenvalue weighted by Crippen LogP contribution is 2.16. The minimum atomic E-state index is 0.175. The van der Waals surface area contributed by atoms with Crippen molar-refractivity contribution >= 4 is 0 Å². The van der Waals surface area contributed by atoms with Crippen molar-refractivity contribution in [3.8, 4) is 0 Å². The lowest BCUT2D eigenvalue weighted by Crippen LogP contribution is -2.03. The van der Waals surface area contributed by atoms with Crippen molar-refractivity contribution in [2.75, 3.05) is 6.61 Å². The molecule has 0 aliphatic heterocycles. The van der Waals surface area contributed by atoms with Gasteiger partial charge in [-0.3, -0.25) is 0 Å². The quantitative estimate of drug-likeness (QED) is 0.739. The molecule has 0 aromatic carbocycles. The number of hydrogen-bond acceptors (Lipinski definition) is 2. The third-order valence-electron chi connectivity index (χ3n) is 2.03. The van der Waals surface area contributed by atoms with Gasteiger partial charge in [-0.15, -0.1) is 0 Å². The molecule has 0 atom stereocenters.